The molecule has 0 bridgehead atoms. The van der Waals surface area contributed by atoms with Crippen LogP contribution in [0.5, 0.6) is 0 Å². The van der Waals surface area contributed by atoms with Crippen LogP contribution in [0.2, 0.25) is 0 Å². The fourth-order valence-corrected chi connectivity index (χ4v) is 6.23. The largest absolute Gasteiger partial charge is 0.339 e. The van der Waals surface area contributed by atoms with Crippen molar-refractivity contribution in [3.05, 3.63) is 89.0 Å². The van der Waals surface area contributed by atoms with Gasteiger partial charge >= 0.3 is 0 Å². The molecule has 2 aliphatic carbocycles. The zero-order chi connectivity index (χ0) is 21.8. The summed E-state index contributed by atoms with van der Waals surface area (Å²) in [4.78, 5) is 15.4. The molecule has 32 heavy (non-hydrogen) atoms. The summed E-state index contributed by atoms with van der Waals surface area (Å²) < 4.78 is 0. The quantitative estimate of drug-likeness (QED) is 0.296. The Balaban J connectivity index is 1.67. The van der Waals surface area contributed by atoms with E-state index in [0.29, 0.717) is 0 Å². The summed E-state index contributed by atoms with van der Waals surface area (Å²) in [5.74, 6) is 0. The van der Waals surface area contributed by atoms with Gasteiger partial charge in [-0.3, -0.25) is 4.79 Å². The maximum absolute atomic E-state index is 12.7. The molecule has 2 aliphatic rings. The molecule has 3 heteroatoms. The van der Waals surface area contributed by atoms with Crippen LogP contribution in [0, 0.1) is 0 Å². The van der Waals surface area contributed by atoms with Crippen molar-refractivity contribution < 1.29 is 4.79 Å². The Hall–Kier alpha value is -3.04. The summed E-state index contributed by atoms with van der Waals surface area (Å²) >= 11 is 1.35. The third-order valence-electron chi connectivity index (χ3n) is 6.90. The highest BCUT2D eigenvalue weighted by Gasteiger charge is 2.29. The maximum Gasteiger partial charge on any atom is 0.285 e. The van der Waals surface area contributed by atoms with Gasteiger partial charge in [0.25, 0.3) is 5.24 Å². The molecule has 1 amide bonds. The second kappa shape index (κ2) is 7.53. The number of hydrogen-bond acceptors (Lipinski definition) is 2. The summed E-state index contributed by atoms with van der Waals surface area (Å²) in [5, 5.41) is 2.69. The van der Waals surface area contributed by atoms with Crippen molar-refractivity contribution in [2.24, 2.45) is 0 Å². The van der Waals surface area contributed by atoms with Crippen LogP contribution in [0.15, 0.2) is 71.6 Å². The molecular formula is C29H25NOS. The summed E-state index contributed by atoms with van der Waals surface area (Å²) in [6.45, 7) is 0. The number of nitrogens with zero attached hydrogens (tertiary/aromatic N) is 1. The van der Waals surface area contributed by atoms with Crippen molar-refractivity contribution in [3.63, 3.8) is 0 Å². The van der Waals surface area contributed by atoms with Gasteiger partial charge in [-0.15, -0.1) is 0 Å². The van der Waals surface area contributed by atoms with Crippen LogP contribution < -0.4 is 0 Å². The number of carbonyl (C=O) groups excluding carboxylic acids is 1. The van der Waals surface area contributed by atoms with E-state index in [9.17, 15) is 4.79 Å². The average molecular weight is 436 g/mol. The molecule has 0 unspecified atom stereocenters. The predicted octanol–water partition coefficient (Wildman–Crippen LogP) is 7.14. The molecule has 0 heterocycles. The van der Waals surface area contributed by atoms with Crippen molar-refractivity contribution in [3.8, 4) is 22.3 Å². The second-order valence-electron chi connectivity index (χ2n) is 9.01. The first-order valence-corrected chi connectivity index (χ1v) is 12.1. The first-order valence-electron chi connectivity index (χ1n) is 11.3. The molecule has 0 atom stereocenters. The number of amides is 1. The Bertz CT molecular complexity index is 1400. The smallest absolute Gasteiger partial charge is 0.285 e. The van der Waals surface area contributed by atoms with E-state index < -0.39 is 0 Å². The molecule has 0 aliphatic heterocycles. The summed E-state index contributed by atoms with van der Waals surface area (Å²) in [6, 6.07) is 24.5. The lowest BCUT2D eigenvalue weighted by atomic mass is 9.74. The van der Waals surface area contributed by atoms with E-state index in [4.69, 9.17) is 0 Å². The molecule has 0 saturated heterocycles. The Morgan fingerprint density at radius 2 is 1.25 bits per heavy atom. The third kappa shape index (κ3) is 2.99. The van der Waals surface area contributed by atoms with Gasteiger partial charge in [-0.05, 0) is 98.8 Å². The summed E-state index contributed by atoms with van der Waals surface area (Å²) in [7, 11) is 3.64. The van der Waals surface area contributed by atoms with Gasteiger partial charge in [0.15, 0.2) is 0 Å². The zero-order valence-corrected chi connectivity index (χ0v) is 19.3. The lowest BCUT2D eigenvalue weighted by Crippen LogP contribution is -2.17. The van der Waals surface area contributed by atoms with Crippen molar-refractivity contribution in [1.29, 1.82) is 0 Å². The molecule has 4 aromatic rings. The van der Waals surface area contributed by atoms with Crippen LogP contribution in [0.4, 0.5) is 4.79 Å². The van der Waals surface area contributed by atoms with Crippen molar-refractivity contribution >= 4 is 27.8 Å². The number of rotatable bonds is 1. The Kier molecular flexibility index (Phi) is 4.62. The van der Waals surface area contributed by atoms with Gasteiger partial charge in [0.05, 0.1) is 0 Å². The van der Waals surface area contributed by atoms with Crippen LogP contribution in [-0.2, 0) is 25.7 Å². The zero-order valence-electron chi connectivity index (χ0n) is 18.4. The van der Waals surface area contributed by atoms with E-state index in [0.717, 1.165) is 30.6 Å². The Labute approximate surface area is 193 Å². The number of carbonyl (C=O) groups is 1. The highest BCUT2D eigenvalue weighted by atomic mass is 32.2. The topological polar surface area (TPSA) is 20.3 Å². The Morgan fingerprint density at radius 1 is 0.656 bits per heavy atom. The monoisotopic (exact) mass is 435 g/mol. The predicted molar refractivity (Wildman–Crippen MR) is 135 cm³/mol. The van der Waals surface area contributed by atoms with Gasteiger partial charge in [-0.2, -0.15) is 0 Å². The Morgan fingerprint density at radius 3 is 1.97 bits per heavy atom. The van der Waals surface area contributed by atoms with E-state index >= 15 is 0 Å². The first kappa shape index (κ1) is 19.6. The molecule has 158 valence electrons. The van der Waals surface area contributed by atoms with E-state index in [2.05, 4.69) is 66.7 Å². The highest BCUT2D eigenvalue weighted by Crippen LogP contribution is 2.50. The van der Waals surface area contributed by atoms with Gasteiger partial charge in [0.2, 0.25) is 0 Å². The molecular weight excluding hydrogens is 410 g/mol. The van der Waals surface area contributed by atoms with Crippen LogP contribution in [0.1, 0.15) is 22.3 Å². The first-order chi connectivity index (χ1) is 15.6. The SMILES string of the molecule is CN(C)C(=O)Sc1cccc2c1-c1c(ccc3c1-c1c(ccc4ccccc14)CC3)CC2. The number of hydrogen-bond donors (Lipinski definition) is 0. The van der Waals surface area contributed by atoms with E-state index in [1.165, 1.54) is 67.0 Å². The molecule has 6 rings (SSSR count). The van der Waals surface area contributed by atoms with Gasteiger partial charge in [-0.25, -0.2) is 0 Å². The van der Waals surface area contributed by atoms with Gasteiger partial charge in [0.1, 0.15) is 0 Å². The normalized spacial score (nSPS) is 13.7. The lowest BCUT2D eigenvalue weighted by Gasteiger charge is -2.30. The van der Waals surface area contributed by atoms with E-state index in [1.807, 2.05) is 14.1 Å². The fourth-order valence-electron chi connectivity index (χ4n) is 5.37. The number of benzene rings is 4. The highest BCUT2D eigenvalue weighted by molar-refractivity contribution is 8.13. The van der Waals surface area contributed by atoms with Crippen molar-refractivity contribution in [2.45, 2.75) is 30.6 Å². The summed E-state index contributed by atoms with van der Waals surface area (Å²) in [5.41, 5.74) is 11.0. The molecule has 0 aromatic heterocycles. The second-order valence-corrected chi connectivity index (χ2v) is 10.0. The third-order valence-corrected chi connectivity index (χ3v) is 8.00. The number of thioether (sulfide) groups is 1. The van der Waals surface area contributed by atoms with Crippen molar-refractivity contribution in [2.75, 3.05) is 14.1 Å². The summed E-state index contributed by atoms with van der Waals surface area (Å²) in [6.07, 6.45) is 4.21. The molecule has 0 N–H and O–H groups in total. The van der Waals surface area contributed by atoms with Crippen LogP contribution in [-0.4, -0.2) is 24.2 Å². The van der Waals surface area contributed by atoms with E-state index in [-0.39, 0.29) is 5.24 Å². The molecule has 0 fully saturated rings. The molecule has 4 aromatic carbocycles. The lowest BCUT2D eigenvalue weighted by molar-refractivity contribution is 0.241. The van der Waals surface area contributed by atoms with E-state index in [1.54, 1.807) is 4.90 Å². The average Bonchev–Trinajstić information content (AvgIpc) is 2.83. The minimum absolute atomic E-state index is 0.0705. The molecule has 0 spiro atoms. The van der Waals surface area contributed by atoms with Gasteiger partial charge < -0.3 is 4.90 Å². The standard InChI is InChI=1S/C29H25NOS/c1-30(2)29(31)32-24-9-5-7-19-12-14-22-17-16-21-15-13-20-11-10-18-6-3-4-8-23(18)25(20)27(21)28(22)26(19)24/h3-11,16-17H,12-15H2,1-2H3. The van der Waals surface area contributed by atoms with Crippen molar-refractivity contribution in [1.82, 2.24) is 4.90 Å². The van der Waals surface area contributed by atoms with Crippen LogP contribution >= 0.6 is 11.8 Å². The van der Waals surface area contributed by atoms with Gasteiger partial charge in [-0.1, -0.05) is 60.7 Å². The minimum atomic E-state index is 0.0705. The molecule has 0 radical (unpaired) electrons. The minimum Gasteiger partial charge on any atom is -0.339 e. The van der Waals surface area contributed by atoms with Crippen LogP contribution in [0.3, 0.4) is 0 Å². The fraction of sp³-hybridized carbons (Fsp3) is 0.207. The molecule has 2 nitrogen and oxygen atoms in total. The van der Waals surface area contributed by atoms with Crippen LogP contribution in [0.25, 0.3) is 33.0 Å². The van der Waals surface area contributed by atoms with Gasteiger partial charge in [0, 0.05) is 19.0 Å². The molecule has 0 saturated carbocycles. The number of fused-ring (bicyclic) bond motifs is 9. The number of aryl methyl sites for hydroxylation is 4. The maximum atomic E-state index is 12.7.